The third-order valence-electron chi connectivity index (χ3n) is 6.37. The minimum Gasteiger partial charge on any atom is -0.377 e. The van der Waals surface area contributed by atoms with Gasteiger partial charge in [0.05, 0.1) is 6.54 Å². The Bertz CT molecular complexity index is 435. The van der Waals surface area contributed by atoms with Crippen LogP contribution in [0.3, 0.4) is 0 Å². The lowest BCUT2D eigenvalue weighted by atomic mass is 9.95. The lowest BCUT2D eigenvalue weighted by Crippen LogP contribution is -2.49. The molecule has 0 aromatic carbocycles. The number of aliphatic imine (C=N–C) groups is 1. The van der Waals surface area contributed by atoms with Crippen molar-refractivity contribution in [2.75, 3.05) is 27.9 Å². The van der Waals surface area contributed by atoms with Crippen molar-refractivity contribution in [3.05, 3.63) is 0 Å². The molecular weight excluding hydrogens is 384 g/mol. The maximum atomic E-state index is 6.37. The summed E-state index contributed by atoms with van der Waals surface area (Å²) in [5.41, 5.74) is 6.37. The smallest absolute Gasteiger partial charge is 0.377 e. The quantitative estimate of drug-likeness (QED) is 0.266. The molecule has 0 aliphatic heterocycles. The molecule has 0 bridgehead atoms. The average Bonchev–Trinajstić information content (AvgIpc) is 2.77. The van der Waals surface area contributed by atoms with Gasteiger partial charge < -0.3 is 29.6 Å². The molecule has 29 heavy (non-hydrogen) atoms. The molecule has 0 saturated heterocycles. The molecule has 4 N–H and O–H groups in total. The van der Waals surface area contributed by atoms with E-state index in [2.05, 4.69) is 10.6 Å². The molecule has 2 aliphatic carbocycles. The molecule has 2 rings (SSSR count). The zero-order valence-electron chi connectivity index (χ0n) is 18.9. The summed E-state index contributed by atoms with van der Waals surface area (Å²) in [5.74, 6) is 0.966. The molecular formula is C21H44N4O3Si. The SMILES string of the molecule is CO[Si](CCCC(N)CN=C(NC1CCCCC1)NC1CCCCC1)(OC)OC. The van der Waals surface area contributed by atoms with E-state index in [-0.39, 0.29) is 6.04 Å². The molecule has 2 aliphatic rings. The molecule has 0 aromatic rings. The minimum atomic E-state index is -2.50. The van der Waals surface area contributed by atoms with Gasteiger partial charge >= 0.3 is 8.80 Å². The standard InChI is InChI=1S/C21H44N4O3Si/c1-26-29(27-2,28-3)16-10-11-18(22)17-23-21(24-19-12-6-4-7-13-19)25-20-14-8-5-9-15-20/h18-20H,4-17,22H2,1-3H3,(H2,23,24,25). The summed E-state index contributed by atoms with van der Waals surface area (Å²) in [7, 11) is 2.46. The van der Waals surface area contributed by atoms with Crippen molar-refractivity contribution in [3.8, 4) is 0 Å². The summed E-state index contributed by atoms with van der Waals surface area (Å²) in [4.78, 5) is 4.87. The Morgan fingerprint density at radius 2 is 1.38 bits per heavy atom. The van der Waals surface area contributed by atoms with Crippen LogP contribution in [0.25, 0.3) is 0 Å². The molecule has 0 radical (unpaired) electrons. The van der Waals surface area contributed by atoms with Gasteiger partial charge in [-0.15, -0.1) is 0 Å². The number of hydrogen-bond acceptors (Lipinski definition) is 5. The Balaban J connectivity index is 1.83. The Labute approximate surface area is 178 Å². The number of nitrogens with two attached hydrogens (primary N) is 1. The Morgan fingerprint density at radius 1 is 0.897 bits per heavy atom. The summed E-state index contributed by atoms with van der Waals surface area (Å²) < 4.78 is 16.5. The van der Waals surface area contributed by atoms with Gasteiger partial charge in [-0.05, 0) is 38.5 Å². The largest absolute Gasteiger partial charge is 0.500 e. The van der Waals surface area contributed by atoms with E-state index >= 15 is 0 Å². The first kappa shape index (κ1) is 24.6. The van der Waals surface area contributed by atoms with Crippen LogP contribution >= 0.6 is 0 Å². The number of nitrogens with one attached hydrogen (secondary N) is 2. The predicted molar refractivity (Wildman–Crippen MR) is 121 cm³/mol. The van der Waals surface area contributed by atoms with Crippen LogP contribution in [0.15, 0.2) is 4.99 Å². The van der Waals surface area contributed by atoms with Gasteiger partial charge in [-0.3, -0.25) is 4.99 Å². The number of guanidine groups is 1. The number of nitrogens with zero attached hydrogens (tertiary/aromatic N) is 1. The highest BCUT2D eigenvalue weighted by Gasteiger charge is 2.37. The van der Waals surface area contributed by atoms with Crippen molar-refractivity contribution in [1.82, 2.24) is 10.6 Å². The second kappa shape index (κ2) is 13.6. The maximum Gasteiger partial charge on any atom is 0.500 e. The van der Waals surface area contributed by atoms with E-state index in [4.69, 9.17) is 24.0 Å². The van der Waals surface area contributed by atoms with Crippen molar-refractivity contribution < 1.29 is 13.3 Å². The average molecular weight is 429 g/mol. The Morgan fingerprint density at radius 3 is 1.83 bits per heavy atom. The van der Waals surface area contributed by atoms with E-state index in [0.717, 1.165) is 24.8 Å². The van der Waals surface area contributed by atoms with Crippen LogP contribution in [-0.2, 0) is 13.3 Å². The third kappa shape index (κ3) is 8.92. The molecule has 1 unspecified atom stereocenters. The molecule has 0 heterocycles. The normalized spacial score (nSPS) is 20.3. The van der Waals surface area contributed by atoms with Crippen LogP contribution in [0.2, 0.25) is 6.04 Å². The van der Waals surface area contributed by atoms with Gasteiger partial charge in [0.25, 0.3) is 0 Å². The lowest BCUT2D eigenvalue weighted by molar-refractivity contribution is 0.122. The van der Waals surface area contributed by atoms with Crippen LogP contribution in [0.5, 0.6) is 0 Å². The topological polar surface area (TPSA) is 90.1 Å². The maximum absolute atomic E-state index is 6.37. The van der Waals surface area contributed by atoms with Crippen LogP contribution in [0.1, 0.15) is 77.0 Å². The van der Waals surface area contributed by atoms with Crippen molar-refractivity contribution in [2.45, 2.75) is 101 Å². The van der Waals surface area contributed by atoms with Crippen molar-refractivity contribution in [1.29, 1.82) is 0 Å². The first-order valence-corrected chi connectivity index (χ1v) is 13.5. The van der Waals surface area contributed by atoms with Gasteiger partial charge in [-0.25, -0.2) is 0 Å². The summed E-state index contributed by atoms with van der Waals surface area (Å²) in [6.45, 7) is 0.635. The zero-order chi connectivity index (χ0) is 21.0. The molecule has 0 spiro atoms. The summed E-state index contributed by atoms with van der Waals surface area (Å²) in [5, 5.41) is 7.39. The van der Waals surface area contributed by atoms with E-state index in [0.29, 0.717) is 18.6 Å². The fourth-order valence-corrected chi connectivity index (χ4v) is 6.20. The molecule has 1 atom stereocenters. The van der Waals surface area contributed by atoms with Crippen molar-refractivity contribution >= 4 is 14.8 Å². The monoisotopic (exact) mass is 428 g/mol. The summed E-state index contributed by atoms with van der Waals surface area (Å²) in [6, 6.07) is 1.91. The Hall–Kier alpha value is -0.673. The molecule has 0 amide bonds. The number of rotatable bonds is 11. The minimum absolute atomic E-state index is 0.0311. The second-order valence-corrected chi connectivity index (χ2v) is 11.7. The van der Waals surface area contributed by atoms with E-state index in [1.807, 2.05) is 0 Å². The molecule has 8 heteroatoms. The second-order valence-electron chi connectivity index (χ2n) is 8.60. The van der Waals surface area contributed by atoms with Crippen molar-refractivity contribution in [3.63, 3.8) is 0 Å². The van der Waals surface area contributed by atoms with Gasteiger partial charge in [-0.2, -0.15) is 0 Å². The van der Waals surface area contributed by atoms with Crippen LogP contribution in [-0.4, -0.2) is 60.8 Å². The van der Waals surface area contributed by atoms with Gasteiger partial charge in [0.2, 0.25) is 0 Å². The first-order chi connectivity index (χ1) is 14.1. The zero-order valence-corrected chi connectivity index (χ0v) is 19.9. The summed E-state index contributed by atoms with van der Waals surface area (Å²) >= 11 is 0. The fourth-order valence-electron chi connectivity index (χ4n) is 4.45. The molecule has 170 valence electrons. The highest BCUT2D eigenvalue weighted by atomic mass is 28.4. The fraction of sp³-hybridized carbons (Fsp3) is 0.952. The van der Waals surface area contributed by atoms with Crippen LogP contribution in [0, 0.1) is 0 Å². The van der Waals surface area contributed by atoms with E-state index in [9.17, 15) is 0 Å². The molecule has 7 nitrogen and oxygen atoms in total. The summed E-state index contributed by atoms with van der Waals surface area (Å²) in [6.07, 6.45) is 14.8. The van der Waals surface area contributed by atoms with Gasteiger partial charge in [0.1, 0.15) is 0 Å². The number of hydrogen-bond donors (Lipinski definition) is 3. The van der Waals surface area contributed by atoms with Gasteiger partial charge in [0.15, 0.2) is 5.96 Å². The van der Waals surface area contributed by atoms with Crippen LogP contribution in [0.4, 0.5) is 0 Å². The first-order valence-electron chi connectivity index (χ1n) is 11.6. The van der Waals surface area contributed by atoms with Gasteiger partial charge in [-0.1, -0.05) is 38.5 Å². The van der Waals surface area contributed by atoms with E-state index in [1.54, 1.807) is 21.3 Å². The van der Waals surface area contributed by atoms with Gasteiger partial charge in [0, 0.05) is 45.5 Å². The van der Waals surface area contributed by atoms with E-state index < -0.39 is 8.80 Å². The molecule has 0 aromatic heterocycles. The highest BCUT2D eigenvalue weighted by Crippen LogP contribution is 2.20. The van der Waals surface area contributed by atoms with Crippen molar-refractivity contribution in [2.24, 2.45) is 10.7 Å². The lowest BCUT2D eigenvalue weighted by Gasteiger charge is -2.29. The van der Waals surface area contributed by atoms with Crippen LogP contribution < -0.4 is 16.4 Å². The van der Waals surface area contributed by atoms with E-state index in [1.165, 1.54) is 64.2 Å². The molecule has 2 saturated carbocycles. The highest BCUT2D eigenvalue weighted by molar-refractivity contribution is 6.60. The Kier molecular flexibility index (Phi) is 11.5. The third-order valence-corrected chi connectivity index (χ3v) is 9.20. The predicted octanol–water partition coefficient (Wildman–Crippen LogP) is 3.17. The molecule has 2 fully saturated rings.